The first-order valence-electron chi connectivity index (χ1n) is 7.04. The highest BCUT2D eigenvalue weighted by Crippen LogP contribution is 2.49. The second-order valence-electron chi connectivity index (χ2n) is 6.04. The minimum absolute atomic E-state index is 0.0758. The Bertz CT molecular complexity index is 503. The number of hydrogen-bond acceptors (Lipinski definition) is 2. The molecule has 1 aromatic heterocycles. The summed E-state index contributed by atoms with van der Waals surface area (Å²) >= 11 is 5.99. The standard InChI is InChI=1S/C15H19ClN2O/c1-9-4-13(15(16)17-8-9)18-14(19)7-12-6-10-2-3-11(12)5-10/h4,8,10-12H,2-3,5-7H2,1H3,(H,18,19). The van der Waals surface area contributed by atoms with Gasteiger partial charge in [0.2, 0.25) is 5.91 Å². The summed E-state index contributed by atoms with van der Waals surface area (Å²) in [7, 11) is 0. The maximum atomic E-state index is 12.1. The highest BCUT2D eigenvalue weighted by molar-refractivity contribution is 6.32. The van der Waals surface area contributed by atoms with Crippen LogP contribution in [0.1, 0.15) is 37.7 Å². The van der Waals surface area contributed by atoms with Gasteiger partial charge in [-0.15, -0.1) is 0 Å². The van der Waals surface area contributed by atoms with Gasteiger partial charge < -0.3 is 5.32 Å². The minimum Gasteiger partial charge on any atom is -0.323 e. The molecule has 1 heterocycles. The van der Waals surface area contributed by atoms with Gasteiger partial charge in [-0.05, 0) is 55.6 Å². The van der Waals surface area contributed by atoms with Crippen molar-refractivity contribution in [2.24, 2.45) is 17.8 Å². The lowest BCUT2D eigenvalue weighted by molar-refractivity contribution is -0.117. The first-order chi connectivity index (χ1) is 9.11. The number of rotatable bonds is 3. The van der Waals surface area contributed by atoms with Gasteiger partial charge in [0.1, 0.15) is 0 Å². The van der Waals surface area contributed by atoms with Crippen LogP contribution in [0.4, 0.5) is 5.69 Å². The summed E-state index contributed by atoms with van der Waals surface area (Å²) < 4.78 is 0. The highest BCUT2D eigenvalue weighted by atomic mass is 35.5. The van der Waals surface area contributed by atoms with Crippen LogP contribution in [-0.2, 0) is 4.79 Å². The molecule has 0 saturated heterocycles. The van der Waals surface area contributed by atoms with Crippen LogP contribution in [0.25, 0.3) is 0 Å². The van der Waals surface area contributed by atoms with Gasteiger partial charge in [0.25, 0.3) is 0 Å². The van der Waals surface area contributed by atoms with Gasteiger partial charge in [-0.1, -0.05) is 18.0 Å². The zero-order valence-corrected chi connectivity index (χ0v) is 11.9. The molecular weight excluding hydrogens is 260 g/mol. The van der Waals surface area contributed by atoms with Crippen LogP contribution in [0.5, 0.6) is 0 Å². The van der Waals surface area contributed by atoms with E-state index in [1.807, 2.05) is 13.0 Å². The molecule has 2 fully saturated rings. The van der Waals surface area contributed by atoms with Crippen molar-refractivity contribution in [3.8, 4) is 0 Å². The average molecular weight is 279 g/mol. The summed E-state index contributed by atoms with van der Waals surface area (Å²) in [6.45, 7) is 1.94. The van der Waals surface area contributed by atoms with Crippen molar-refractivity contribution < 1.29 is 4.79 Å². The smallest absolute Gasteiger partial charge is 0.224 e. The first-order valence-corrected chi connectivity index (χ1v) is 7.41. The minimum atomic E-state index is 0.0758. The van der Waals surface area contributed by atoms with E-state index in [0.717, 1.165) is 17.4 Å². The van der Waals surface area contributed by atoms with Crippen molar-refractivity contribution in [2.45, 2.75) is 39.0 Å². The lowest BCUT2D eigenvalue weighted by Crippen LogP contribution is -2.20. The van der Waals surface area contributed by atoms with Crippen molar-refractivity contribution in [2.75, 3.05) is 5.32 Å². The number of hydrogen-bond donors (Lipinski definition) is 1. The maximum Gasteiger partial charge on any atom is 0.224 e. The summed E-state index contributed by atoms with van der Waals surface area (Å²) in [4.78, 5) is 16.2. The SMILES string of the molecule is Cc1cnc(Cl)c(NC(=O)CC2CC3CCC2C3)c1. The Labute approximate surface area is 118 Å². The fourth-order valence-corrected chi connectivity index (χ4v) is 3.86. The van der Waals surface area contributed by atoms with Gasteiger partial charge in [0.15, 0.2) is 5.15 Å². The van der Waals surface area contributed by atoms with Crippen molar-refractivity contribution in [3.63, 3.8) is 0 Å². The Morgan fingerprint density at radius 2 is 2.32 bits per heavy atom. The molecule has 1 N–H and O–H groups in total. The molecular formula is C15H19ClN2O. The Kier molecular flexibility index (Phi) is 3.48. The molecule has 3 unspecified atom stereocenters. The maximum absolute atomic E-state index is 12.1. The van der Waals surface area contributed by atoms with E-state index in [4.69, 9.17) is 11.6 Å². The van der Waals surface area contributed by atoms with Crippen LogP contribution < -0.4 is 5.32 Å². The quantitative estimate of drug-likeness (QED) is 0.855. The Morgan fingerprint density at radius 1 is 1.47 bits per heavy atom. The molecule has 102 valence electrons. The molecule has 1 amide bonds. The lowest BCUT2D eigenvalue weighted by atomic mass is 9.86. The van der Waals surface area contributed by atoms with E-state index >= 15 is 0 Å². The summed E-state index contributed by atoms with van der Waals surface area (Å²) in [5.41, 5.74) is 1.63. The number of halogens is 1. The largest absolute Gasteiger partial charge is 0.323 e. The molecule has 2 bridgehead atoms. The summed E-state index contributed by atoms with van der Waals surface area (Å²) in [6, 6.07) is 1.87. The monoisotopic (exact) mass is 278 g/mol. The van der Waals surface area contributed by atoms with Crippen LogP contribution in [0.15, 0.2) is 12.3 Å². The third-order valence-corrected chi connectivity index (χ3v) is 4.88. The molecule has 0 radical (unpaired) electrons. The third kappa shape index (κ3) is 2.76. The van der Waals surface area contributed by atoms with Crippen molar-refractivity contribution >= 4 is 23.2 Å². The predicted octanol–water partition coefficient (Wildman–Crippen LogP) is 3.81. The van der Waals surface area contributed by atoms with Crippen LogP contribution in [0, 0.1) is 24.7 Å². The number of anilines is 1. The van der Waals surface area contributed by atoms with Crippen molar-refractivity contribution in [3.05, 3.63) is 23.0 Å². The Balaban J connectivity index is 1.61. The molecule has 0 aromatic carbocycles. The van der Waals surface area contributed by atoms with Gasteiger partial charge in [0.05, 0.1) is 5.69 Å². The van der Waals surface area contributed by atoms with Gasteiger partial charge in [0, 0.05) is 12.6 Å². The topological polar surface area (TPSA) is 42.0 Å². The molecule has 3 atom stereocenters. The second-order valence-corrected chi connectivity index (χ2v) is 6.40. The number of carbonyl (C=O) groups excluding carboxylic acids is 1. The zero-order chi connectivity index (χ0) is 13.4. The van der Waals surface area contributed by atoms with Crippen LogP contribution >= 0.6 is 11.6 Å². The lowest BCUT2D eigenvalue weighted by Gasteiger charge is -2.21. The van der Waals surface area contributed by atoms with Crippen molar-refractivity contribution in [1.82, 2.24) is 4.98 Å². The number of aromatic nitrogens is 1. The average Bonchev–Trinajstić information content (AvgIpc) is 2.96. The van der Waals surface area contributed by atoms with Gasteiger partial charge in [-0.2, -0.15) is 0 Å². The molecule has 4 heteroatoms. The van der Waals surface area contributed by atoms with Gasteiger partial charge >= 0.3 is 0 Å². The van der Waals surface area contributed by atoms with E-state index in [9.17, 15) is 4.79 Å². The fourth-order valence-electron chi connectivity index (χ4n) is 3.71. The molecule has 1 aromatic rings. The molecule has 2 aliphatic rings. The van der Waals surface area contributed by atoms with Gasteiger partial charge in [-0.3, -0.25) is 4.79 Å². The number of nitrogens with zero attached hydrogens (tertiary/aromatic N) is 1. The normalized spacial score (nSPS) is 28.6. The van der Waals surface area contributed by atoms with E-state index in [1.54, 1.807) is 6.20 Å². The molecule has 19 heavy (non-hydrogen) atoms. The van der Waals surface area contributed by atoms with Crippen LogP contribution in [0.3, 0.4) is 0 Å². The molecule has 3 rings (SSSR count). The predicted molar refractivity (Wildman–Crippen MR) is 76.2 cm³/mol. The number of pyridine rings is 1. The zero-order valence-electron chi connectivity index (χ0n) is 11.2. The summed E-state index contributed by atoms with van der Waals surface area (Å²) in [5.74, 6) is 2.32. The van der Waals surface area contributed by atoms with Gasteiger partial charge in [-0.25, -0.2) is 4.98 Å². The third-order valence-electron chi connectivity index (χ3n) is 4.58. The van der Waals surface area contributed by atoms with E-state index in [-0.39, 0.29) is 5.91 Å². The van der Waals surface area contributed by atoms with Crippen LogP contribution in [0.2, 0.25) is 5.15 Å². The Morgan fingerprint density at radius 3 is 3.00 bits per heavy atom. The first kappa shape index (κ1) is 12.9. The Hall–Kier alpha value is -1.09. The number of amides is 1. The molecule has 0 spiro atoms. The van der Waals surface area contributed by atoms with E-state index in [2.05, 4.69) is 10.3 Å². The molecule has 2 aliphatic carbocycles. The molecule has 2 saturated carbocycles. The van der Waals surface area contributed by atoms with Crippen molar-refractivity contribution in [1.29, 1.82) is 0 Å². The number of fused-ring (bicyclic) bond motifs is 2. The van der Waals surface area contributed by atoms with E-state index in [1.165, 1.54) is 25.7 Å². The molecule has 0 aliphatic heterocycles. The number of nitrogens with one attached hydrogen (secondary N) is 1. The number of carbonyl (C=O) groups is 1. The summed E-state index contributed by atoms with van der Waals surface area (Å²) in [5, 5.41) is 3.27. The fraction of sp³-hybridized carbons (Fsp3) is 0.600. The highest BCUT2D eigenvalue weighted by Gasteiger charge is 2.40. The van der Waals surface area contributed by atoms with Crippen LogP contribution in [-0.4, -0.2) is 10.9 Å². The number of aryl methyl sites for hydroxylation is 1. The van der Waals surface area contributed by atoms with E-state index in [0.29, 0.717) is 23.2 Å². The van der Waals surface area contributed by atoms with E-state index < -0.39 is 0 Å². The molecule has 3 nitrogen and oxygen atoms in total. The second kappa shape index (κ2) is 5.12. The summed E-state index contributed by atoms with van der Waals surface area (Å²) in [6.07, 6.45) is 7.59.